The number of amides is 1. The summed E-state index contributed by atoms with van der Waals surface area (Å²) in [6.45, 7) is 1.64. The van der Waals surface area contributed by atoms with Crippen LogP contribution in [0.1, 0.15) is 6.92 Å². The Kier molecular flexibility index (Phi) is 5.83. The molecule has 0 bridgehead atoms. The molecule has 0 fully saturated rings. The van der Waals surface area contributed by atoms with Crippen molar-refractivity contribution >= 4 is 28.2 Å². The monoisotopic (exact) mass is 552 g/mol. The largest absolute Gasteiger partial charge is 0.308 e. The lowest BCUT2D eigenvalue weighted by atomic mass is 9.97. The quantitative estimate of drug-likeness (QED) is 0.214. The van der Waals surface area contributed by atoms with Gasteiger partial charge in [0, 0.05) is 34.7 Å². The van der Waals surface area contributed by atoms with Crippen LogP contribution in [0.25, 0.3) is 61.2 Å². The van der Waals surface area contributed by atoms with Crippen molar-refractivity contribution in [3.63, 3.8) is 0 Å². The average molecular weight is 553 g/mol. The number of carbonyl (C=O) groups excluding carboxylic acids is 1. The summed E-state index contributed by atoms with van der Waals surface area (Å²) in [6, 6.07) is 53.1. The van der Waals surface area contributed by atoms with Crippen molar-refractivity contribution in [2.75, 3.05) is 4.90 Å². The maximum absolute atomic E-state index is 13.3. The van der Waals surface area contributed by atoms with Crippen LogP contribution in [0.4, 0.5) is 11.4 Å². The van der Waals surface area contributed by atoms with Gasteiger partial charge in [-0.15, -0.1) is 0 Å². The summed E-state index contributed by atoms with van der Waals surface area (Å²) in [5.41, 5.74) is 12.9. The Morgan fingerprint density at radius 3 is 1.65 bits per heavy atom. The average Bonchev–Trinajstić information content (AvgIpc) is 3.34. The Morgan fingerprint density at radius 2 is 1.02 bits per heavy atom. The summed E-state index contributed by atoms with van der Waals surface area (Å²) in [6.07, 6.45) is 0. The van der Waals surface area contributed by atoms with E-state index in [2.05, 4.69) is 144 Å². The molecule has 1 amide bonds. The molecule has 8 rings (SSSR count). The molecule has 0 aliphatic carbocycles. The van der Waals surface area contributed by atoms with Crippen molar-refractivity contribution in [2.24, 2.45) is 0 Å². The van der Waals surface area contributed by atoms with E-state index in [0.717, 1.165) is 72.6 Å². The van der Waals surface area contributed by atoms with E-state index in [1.165, 1.54) is 0 Å². The molecule has 0 unspecified atom stereocenters. The minimum Gasteiger partial charge on any atom is -0.308 e. The molecule has 0 spiro atoms. The third kappa shape index (κ3) is 4.01. The van der Waals surface area contributed by atoms with Gasteiger partial charge in [-0.2, -0.15) is 0 Å². The van der Waals surface area contributed by atoms with Crippen LogP contribution in [0.15, 0.2) is 152 Å². The van der Waals surface area contributed by atoms with Crippen LogP contribution in [-0.2, 0) is 4.79 Å². The second kappa shape index (κ2) is 10.0. The first-order chi connectivity index (χ1) is 21.2. The van der Waals surface area contributed by atoms with E-state index >= 15 is 0 Å². The maximum Gasteiger partial charge on any atom is 0.228 e. The molecule has 3 heteroatoms. The van der Waals surface area contributed by atoms with Gasteiger partial charge in [0.15, 0.2) is 0 Å². The van der Waals surface area contributed by atoms with E-state index in [4.69, 9.17) is 0 Å². The molecule has 0 radical (unpaired) electrons. The summed E-state index contributed by atoms with van der Waals surface area (Å²) < 4.78 is 2.39. The molecule has 3 nitrogen and oxygen atoms in total. The summed E-state index contributed by atoms with van der Waals surface area (Å²) in [5.74, 6) is -0.0154. The Balaban J connectivity index is 1.53. The molecule has 0 saturated heterocycles. The number of hydrogen-bond donors (Lipinski definition) is 0. The van der Waals surface area contributed by atoms with Gasteiger partial charge >= 0.3 is 0 Å². The van der Waals surface area contributed by atoms with Crippen LogP contribution < -0.4 is 4.90 Å². The van der Waals surface area contributed by atoms with Gasteiger partial charge in [0.05, 0.1) is 22.6 Å². The highest BCUT2D eigenvalue weighted by molar-refractivity contribution is 6.16. The third-order valence-electron chi connectivity index (χ3n) is 8.39. The minimum absolute atomic E-state index is 0.0154. The van der Waals surface area contributed by atoms with E-state index in [1.807, 2.05) is 17.0 Å². The van der Waals surface area contributed by atoms with Crippen molar-refractivity contribution < 1.29 is 4.79 Å². The molecule has 0 N–H and O–H groups in total. The first-order valence-electron chi connectivity index (χ1n) is 14.6. The van der Waals surface area contributed by atoms with Crippen LogP contribution in [0.5, 0.6) is 0 Å². The SMILES string of the molecule is CC(=O)N1c2ccccc2-c2c(n(-c3cc(-c4ccccc4)cc(-c4ccccc4)c3)c3ccccc23)-c2ccccc21. The van der Waals surface area contributed by atoms with E-state index in [-0.39, 0.29) is 5.91 Å². The Labute approximate surface area is 250 Å². The highest BCUT2D eigenvalue weighted by Gasteiger charge is 2.32. The highest BCUT2D eigenvalue weighted by Crippen LogP contribution is 2.52. The van der Waals surface area contributed by atoms with Gasteiger partial charge in [-0.25, -0.2) is 0 Å². The molecule has 0 atom stereocenters. The number of carbonyl (C=O) groups is 1. The number of nitrogens with zero attached hydrogens (tertiary/aromatic N) is 2. The van der Waals surface area contributed by atoms with Crippen LogP contribution in [0.2, 0.25) is 0 Å². The first kappa shape index (κ1) is 25.1. The third-order valence-corrected chi connectivity index (χ3v) is 8.39. The fourth-order valence-corrected chi connectivity index (χ4v) is 6.59. The van der Waals surface area contributed by atoms with Gasteiger partial charge in [0.1, 0.15) is 0 Å². The second-order valence-electron chi connectivity index (χ2n) is 11.0. The predicted molar refractivity (Wildman–Crippen MR) is 178 cm³/mol. The normalized spacial score (nSPS) is 11.9. The van der Waals surface area contributed by atoms with Gasteiger partial charge < -0.3 is 4.57 Å². The fraction of sp³-hybridized carbons (Fsp3) is 0.0250. The molecule has 1 aliphatic heterocycles. The fourth-order valence-electron chi connectivity index (χ4n) is 6.59. The minimum atomic E-state index is -0.0154. The number of para-hydroxylation sites is 3. The van der Waals surface area contributed by atoms with Crippen molar-refractivity contribution in [3.05, 3.63) is 152 Å². The zero-order chi connectivity index (χ0) is 28.9. The molecule has 6 aromatic carbocycles. The molecule has 204 valence electrons. The lowest BCUT2D eigenvalue weighted by Crippen LogP contribution is -2.23. The Hall–Kier alpha value is -5.67. The zero-order valence-corrected chi connectivity index (χ0v) is 23.7. The number of benzene rings is 6. The first-order valence-corrected chi connectivity index (χ1v) is 14.6. The number of hydrogen-bond acceptors (Lipinski definition) is 1. The molecule has 1 aliphatic rings. The van der Waals surface area contributed by atoms with Crippen molar-refractivity contribution in [2.45, 2.75) is 6.92 Å². The van der Waals surface area contributed by atoms with E-state index in [9.17, 15) is 4.79 Å². The smallest absolute Gasteiger partial charge is 0.228 e. The number of anilines is 2. The molecular weight excluding hydrogens is 524 g/mol. The molecule has 2 heterocycles. The van der Waals surface area contributed by atoms with Gasteiger partial charge in [-0.1, -0.05) is 115 Å². The highest BCUT2D eigenvalue weighted by atomic mass is 16.2. The van der Waals surface area contributed by atoms with Crippen molar-refractivity contribution in [1.82, 2.24) is 4.57 Å². The number of fused-ring (bicyclic) bond motifs is 7. The summed E-state index contributed by atoms with van der Waals surface area (Å²) in [7, 11) is 0. The van der Waals surface area contributed by atoms with E-state index in [1.54, 1.807) is 6.92 Å². The van der Waals surface area contributed by atoms with E-state index in [0.29, 0.717) is 0 Å². The van der Waals surface area contributed by atoms with Crippen LogP contribution >= 0.6 is 0 Å². The Morgan fingerprint density at radius 1 is 0.512 bits per heavy atom. The summed E-state index contributed by atoms with van der Waals surface area (Å²) in [4.78, 5) is 15.2. The number of rotatable bonds is 3. The molecule has 7 aromatic rings. The summed E-state index contributed by atoms with van der Waals surface area (Å²) in [5, 5.41) is 1.15. The molecular formula is C40H28N2O. The van der Waals surface area contributed by atoms with Gasteiger partial charge in [0.2, 0.25) is 5.91 Å². The molecule has 43 heavy (non-hydrogen) atoms. The van der Waals surface area contributed by atoms with Crippen molar-refractivity contribution in [3.8, 4) is 50.3 Å². The topological polar surface area (TPSA) is 25.2 Å². The van der Waals surface area contributed by atoms with Crippen LogP contribution in [0.3, 0.4) is 0 Å². The van der Waals surface area contributed by atoms with Gasteiger partial charge in [0.25, 0.3) is 0 Å². The van der Waals surface area contributed by atoms with Crippen molar-refractivity contribution in [1.29, 1.82) is 0 Å². The van der Waals surface area contributed by atoms with Crippen LogP contribution in [0, 0.1) is 0 Å². The standard InChI is InChI=1S/C40H28N2O/c1-27(43)41-36-21-11-8-18-33(36)39-34-19-9-12-22-37(34)42(40(39)35-20-10-13-23-38(35)41)32-25-30(28-14-4-2-5-15-28)24-31(26-32)29-16-6-3-7-17-29/h2-26H,1H3. The van der Waals surface area contributed by atoms with E-state index < -0.39 is 0 Å². The lowest BCUT2D eigenvalue weighted by molar-refractivity contribution is -0.115. The predicted octanol–water partition coefficient (Wildman–Crippen LogP) is 10.3. The maximum atomic E-state index is 13.3. The Bertz CT molecular complexity index is 2100. The number of aromatic nitrogens is 1. The van der Waals surface area contributed by atoms with Crippen LogP contribution in [-0.4, -0.2) is 10.5 Å². The zero-order valence-electron chi connectivity index (χ0n) is 23.7. The van der Waals surface area contributed by atoms with Gasteiger partial charge in [-0.3, -0.25) is 9.69 Å². The second-order valence-corrected chi connectivity index (χ2v) is 11.0. The molecule has 1 aromatic heterocycles. The lowest BCUT2D eigenvalue weighted by Gasteiger charge is -2.24. The van der Waals surface area contributed by atoms with Gasteiger partial charge in [-0.05, 0) is 58.7 Å². The summed E-state index contributed by atoms with van der Waals surface area (Å²) >= 11 is 0. The molecule has 0 saturated carbocycles.